The number of para-hydroxylation sites is 2. The number of anilines is 1. The molecule has 0 spiro atoms. The average molecular weight is 337 g/mol. The molecule has 1 heterocycles. The van der Waals surface area contributed by atoms with E-state index in [1.54, 1.807) is 18.2 Å². The Hall–Kier alpha value is -3.15. The molecule has 0 fully saturated rings. The van der Waals surface area contributed by atoms with Crippen molar-refractivity contribution in [2.24, 2.45) is 5.10 Å². The van der Waals surface area contributed by atoms with Crippen molar-refractivity contribution in [3.8, 4) is 5.75 Å². The van der Waals surface area contributed by atoms with Gasteiger partial charge >= 0.3 is 0 Å². The summed E-state index contributed by atoms with van der Waals surface area (Å²) in [6.07, 6.45) is 0.824. The zero-order chi connectivity index (χ0) is 17.6. The van der Waals surface area contributed by atoms with Crippen molar-refractivity contribution < 1.29 is 14.7 Å². The Bertz CT molecular complexity index is 803. The third kappa shape index (κ3) is 4.23. The van der Waals surface area contributed by atoms with Crippen LogP contribution in [0.15, 0.2) is 59.7 Å². The van der Waals surface area contributed by atoms with Gasteiger partial charge in [0.15, 0.2) is 0 Å². The number of carbonyl (C=O) groups excluding carboxylic acids is 2. The minimum absolute atomic E-state index is 0.00109. The summed E-state index contributed by atoms with van der Waals surface area (Å²) in [5.74, 6) is -0.501. The van der Waals surface area contributed by atoms with Gasteiger partial charge in [-0.25, -0.2) is 5.01 Å². The maximum atomic E-state index is 12.2. The van der Waals surface area contributed by atoms with Crippen LogP contribution in [0.5, 0.6) is 5.75 Å². The number of rotatable bonds is 5. The van der Waals surface area contributed by atoms with Gasteiger partial charge in [-0.05, 0) is 17.7 Å². The molecule has 0 aromatic heterocycles. The van der Waals surface area contributed by atoms with E-state index in [4.69, 9.17) is 0 Å². The van der Waals surface area contributed by atoms with E-state index in [0.29, 0.717) is 18.7 Å². The predicted molar refractivity (Wildman–Crippen MR) is 95.3 cm³/mol. The number of carbonyl (C=O) groups is 2. The Morgan fingerprint density at radius 2 is 1.76 bits per heavy atom. The predicted octanol–water partition coefficient (Wildman–Crippen LogP) is 2.75. The fourth-order valence-corrected chi connectivity index (χ4v) is 2.61. The van der Waals surface area contributed by atoms with Crippen LogP contribution in [0.25, 0.3) is 0 Å². The van der Waals surface area contributed by atoms with E-state index in [9.17, 15) is 14.7 Å². The van der Waals surface area contributed by atoms with Crippen LogP contribution in [0.2, 0.25) is 0 Å². The van der Waals surface area contributed by atoms with Crippen molar-refractivity contribution >= 4 is 23.2 Å². The second kappa shape index (κ2) is 7.61. The van der Waals surface area contributed by atoms with Gasteiger partial charge in [-0.2, -0.15) is 5.10 Å². The van der Waals surface area contributed by atoms with Crippen molar-refractivity contribution in [1.82, 2.24) is 5.01 Å². The first-order valence-corrected chi connectivity index (χ1v) is 8.14. The first kappa shape index (κ1) is 16.7. The molecule has 0 aliphatic carbocycles. The summed E-state index contributed by atoms with van der Waals surface area (Å²) in [4.78, 5) is 24.2. The van der Waals surface area contributed by atoms with Crippen molar-refractivity contribution in [2.75, 3.05) is 11.9 Å². The smallest absolute Gasteiger partial charge is 0.243 e. The highest BCUT2D eigenvalue weighted by molar-refractivity contribution is 6.02. The third-order valence-corrected chi connectivity index (χ3v) is 3.94. The Balaban J connectivity index is 1.52. The zero-order valence-electron chi connectivity index (χ0n) is 13.7. The molecule has 0 radical (unpaired) electrons. The molecule has 25 heavy (non-hydrogen) atoms. The number of phenols is 1. The highest BCUT2D eigenvalue weighted by atomic mass is 16.3. The maximum absolute atomic E-state index is 12.2. The molecule has 128 valence electrons. The number of nitrogens with one attached hydrogen (secondary N) is 1. The van der Waals surface area contributed by atoms with E-state index in [2.05, 4.69) is 10.4 Å². The van der Waals surface area contributed by atoms with E-state index in [0.717, 1.165) is 11.3 Å². The SMILES string of the molecule is O=C(CCC(=O)N1CCC(c2ccccc2)=N1)Nc1ccccc1O. The lowest BCUT2D eigenvalue weighted by molar-refractivity contribution is -0.132. The van der Waals surface area contributed by atoms with Crippen LogP contribution in [0.3, 0.4) is 0 Å². The number of hydrogen-bond acceptors (Lipinski definition) is 4. The van der Waals surface area contributed by atoms with Gasteiger partial charge in [0.2, 0.25) is 11.8 Å². The van der Waals surface area contributed by atoms with Crippen LogP contribution in [0.4, 0.5) is 5.69 Å². The summed E-state index contributed by atoms with van der Waals surface area (Å²) in [6.45, 7) is 0.532. The summed E-state index contributed by atoms with van der Waals surface area (Å²) in [6, 6.07) is 16.2. The van der Waals surface area contributed by atoms with Crippen LogP contribution < -0.4 is 5.32 Å². The Morgan fingerprint density at radius 1 is 1.04 bits per heavy atom. The highest BCUT2D eigenvalue weighted by Gasteiger charge is 2.22. The summed E-state index contributed by atoms with van der Waals surface area (Å²) in [7, 11) is 0. The molecule has 6 heteroatoms. The average Bonchev–Trinajstić information content (AvgIpc) is 3.13. The van der Waals surface area contributed by atoms with Gasteiger partial charge in [-0.15, -0.1) is 0 Å². The number of amides is 2. The highest BCUT2D eigenvalue weighted by Crippen LogP contribution is 2.22. The molecule has 3 rings (SSSR count). The zero-order valence-corrected chi connectivity index (χ0v) is 13.7. The second-order valence-corrected chi connectivity index (χ2v) is 5.74. The van der Waals surface area contributed by atoms with Crippen molar-refractivity contribution in [3.63, 3.8) is 0 Å². The lowest BCUT2D eigenvalue weighted by Crippen LogP contribution is -2.25. The monoisotopic (exact) mass is 337 g/mol. The maximum Gasteiger partial charge on any atom is 0.243 e. The van der Waals surface area contributed by atoms with Crippen LogP contribution in [-0.4, -0.2) is 34.2 Å². The molecule has 6 nitrogen and oxygen atoms in total. The number of hydrogen-bond donors (Lipinski definition) is 2. The van der Waals surface area contributed by atoms with E-state index in [1.165, 1.54) is 11.1 Å². The fraction of sp³-hybridized carbons (Fsp3) is 0.211. The number of benzene rings is 2. The van der Waals surface area contributed by atoms with Crippen LogP contribution in [0, 0.1) is 0 Å². The molecular weight excluding hydrogens is 318 g/mol. The Labute approximate surface area is 145 Å². The molecular formula is C19H19N3O3. The summed E-state index contributed by atoms with van der Waals surface area (Å²) in [5.41, 5.74) is 2.23. The van der Waals surface area contributed by atoms with Gasteiger partial charge in [0.1, 0.15) is 5.75 Å². The van der Waals surface area contributed by atoms with Crippen LogP contribution in [0.1, 0.15) is 24.8 Å². The van der Waals surface area contributed by atoms with Gasteiger partial charge in [-0.3, -0.25) is 9.59 Å². The molecule has 0 saturated carbocycles. The van der Waals surface area contributed by atoms with Crippen molar-refractivity contribution in [2.45, 2.75) is 19.3 Å². The number of nitrogens with zero attached hydrogens (tertiary/aromatic N) is 2. The number of phenolic OH excluding ortho intramolecular Hbond substituents is 1. The van der Waals surface area contributed by atoms with Gasteiger partial charge in [0, 0.05) is 19.3 Å². The first-order chi connectivity index (χ1) is 12.1. The van der Waals surface area contributed by atoms with Gasteiger partial charge < -0.3 is 10.4 Å². The Morgan fingerprint density at radius 3 is 2.52 bits per heavy atom. The number of hydrazone groups is 1. The molecule has 1 aliphatic heterocycles. The minimum Gasteiger partial charge on any atom is -0.506 e. The standard InChI is InChI=1S/C19H19N3O3/c23-17-9-5-4-8-16(17)20-18(24)10-11-19(25)22-13-12-15(21-22)14-6-2-1-3-7-14/h1-9,23H,10-13H2,(H,20,24). The molecule has 0 unspecified atom stereocenters. The molecule has 2 aromatic carbocycles. The fourth-order valence-electron chi connectivity index (χ4n) is 2.61. The van der Waals surface area contributed by atoms with Gasteiger partial charge in [0.25, 0.3) is 0 Å². The van der Waals surface area contributed by atoms with Crippen molar-refractivity contribution in [3.05, 3.63) is 60.2 Å². The molecule has 0 saturated heterocycles. The Kier molecular flexibility index (Phi) is 5.09. The molecule has 2 amide bonds. The first-order valence-electron chi connectivity index (χ1n) is 8.14. The third-order valence-electron chi connectivity index (χ3n) is 3.94. The van der Waals surface area contributed by atoms with E-state index >= 15 is 0 Å². The normalized spacial score (nSPS) is 13.4. The van der Waals surface area contributed by atoms with E-state index < -0.39 is 0 Å². The summed E-state index contributed by atoms with van der Waals surface area (Å²) >= 11 is 0. The van der Waals surface area contributed by atoms with Crippen LogP contribution >= 0.6 is 0 Å². The quantitative estimate of drug-likeness (QED) is 0.823. The second-order valence-electron chi connectivity index (χ2n) is 5.74. The molecule has 0 bridgehead atoms. The van der Waals surface area contributed by atoms with Crippen LogP contribution in [-0.2, 0) is 9.59 Å². The van der Waals surface area contributed by atoms with Gasteiger partial charge in [0.05, 0.1) is 17.9 Å². The topological polar surface area (TPSA) is 82.0 Å². The minimum atomic E-state index is -0.318. The summed E-state index contributed by atoms with van der Waals surface area (Å²) in [5, 5.41) is 18.0. The summed E-state index contributed by atoms with van der Waals surface area (Å²) < 4.78 is 0. The molecule has 2 N–H and O–H groups in total. The van der Waals surface area contributed by atoms with E-state index in [1.807, 2.05) is 30.3 Å². The van der Waals surface area contributed by atoms with Gasteiger partial charge in [-0.1, -0.05) is 42.5 Å². The largest absolute Gasteiger partial charge is 0.506 e. The molecule has 1 aliphatic rings. The van der Waals surface area contributed by atoms with Crippen molar-refractivity contribution in [1.29, 1.82) is 0 Å². The lowest BCUT2D eigenvalue weighted by Gasteiger charge is -2.11. The molecule has 0 atom stereocenters. The molecule has 2 aromatic rings. The lowest BCUT2D eigenvalue weighted by atomic mass is 10.1. The number of aromatic hydroxyl groups is 1. The van der Waals surface area contributed by atoms with E-state index in [-0.39, 0.29) is 30.4 Å².